The monoisotopic (exact) mass is 295 g/mol. The van der Waals surface area contributed by atoms with Crippen molar-refractivity contribution >= 4 is 10.9 Å². The largest absolute Gasteiger partial charge is 0.253 e. The van der Waals surface area contributed by atoms with Crippen LogP contribution >= 0.6 is 0 Å². The first-order valence-corrected chi connectivity index (χ1v) is 9.14. The molecule has 118 valence electrons. The van der Waals surface area contributed by atoms with Gasteiger partial charge in [-0.15, -0.1) is 0 Å². The molecular weight excluding hydrogens is 266 g/mol. The standard InChI is InChI=1S/C19H23N.C2H6/c1-3-14-10-13(2)20-18-8-7-15(11-17(14)18)19-9-5-4-6-16(19)12-19;1-2/h7-8,10-11,16H,3-6,9,12H2,1-2H3;1-2H3. The summed E-state index contributed by atoms with van der Waals surface area (Å²) in [4.78, 5) is 4.71. The number of pyridine rings is 1. The predicted molar refractivity (Wildman–Crippen MR) is 95.5 cm³/mol. The second kappa shape index (κ2) is 6.02. The lowest BCUT2D eigenvalue weighted by molar-refractivity contribution is 0.429. The molecule has 1 aromatic carbocycles. The molecule has 0 N–H and O–H groups in total. The molecule has 0 aliphatic heterocycles. The molecule has 1 aromatic heterocycles. The Kier molecular flexibility index (Phi) is 4.25. The summed E-state index contributed by atoms with van der Waals surface area (Å²) < 4.78 is 0. The third-order valence-corrected chi connectivity index (χ3v) is 5.64. The number of rotatable bonds is 2. The first kappa shape index (κ1) is 15.5. The third-order valence-electron chi connectivity index (χ3n) is 5.64. The Bertz CT molecular complexity index is 673. The number of nitrogens with zero attached hydrogens (tertiary/aromatic N) is 1. The van der Waals surface area contributed by atoms with Crippen LogP contribution in [0, 0.1) is 12.8 Å². The van der Waals surface area contributed by atoms with Gasteiger partial charge in [-0.1, -0.05) is 39.7 Å². The number of aromatic nitrogens is 1. The van der Waals surface area contributed by atoms with E-state index in [1.807, 2.05) is 13.8 Å². The molecule has 2 fully saturated rings. The van der Waals surface area contributed by atoms with Gasteiger partial charge >= 0.3 is 0 Å². The van der Waals surface area contributed by atoms with Gasteiger partial charge in [-0.25, -0.2) is 0 Å². The van der Waals surface area contributed by atoms with Gasteiger partial charge < -0.3 is 0 Å². The Morgan fingerprint density at radius 1 is 1.18 bits per heavy atom. The molecule has 2 aliphatic carbocycles. The summed E-state index contributed by atoms with van der Waals surface area (Å²) in [6.07, 6.45) is 8.25. The van der Waals surface area contributed by atoms with Gasteiger partial charge in [0, 0.05) is 11.1 Å². The van der Waals surface area contributed by atoms with Crippen LogP contribution in [0.2, 0.25) is 0 Å². The number of fused-ring (bicyclic) bond motifs is 2. The average molecular weight is 295 g/mol. The number of benzene rings is 1. The van der Waals surface area contributed by atoms with Crippen LogP contribution in [0.3, 0.4) is 0 Å². The highest BCUT2D eigenvalue weighted by molar-refractivity contribution is 5.83. The molecule has 0 bridgehead atoms. The molecule has 0 spiro atoms. The molecule has 0 radical (unpaired) electrons. The van der Waals surface area contributed by atoms with Gasteiger partial charge in [0.2, 0.25) is 0 Å². The fourth-order valence-electron chi connectivity index (χ4n) is 4.44. The summed E-state index contributed by atoms with van der Waals surface area (Å²) in [5.41, 5.74) is 5.91. The smallest absolute Gasteiger partial charge is 0.0708 e. The summed E-state index contributed by atoms with van der Waals surface area (Å²) in [5, 5.41) is 1.39. The minimum absolute atomic E-state index is 0.544. The van der Waals surface area contributed by atoms with E-state index in [-0.39, 0.29) is 0 Å². The minimum atomic E-state index is 0.544. The van der Waals surface area contributed by atoms with Crippen LogP contribution in [0.5, 0.6) is 0 Å². The summed E-state index contributed by atoms with van der Waals surface area (Å²) in [6, 6.07) is 9.34. The maximum Gasteiger partial charge on any atom is 0.0708 e. The molecule has 2 unspecified atom stereocenters. The van der Waals surface area contributed by atoms with Gasteiger partial charge in [0.05, 0.1) is 5.52 Å². The van der Waals surface area contributed by atoms with E-state index in [2.05, 4.69) is 38.1 Å². The Labute approximate surface area is 135 Å². The number of aryl methyl sites for hydroxylation is 2. The van der Waals surface area contributed by atoms with Crippen molar-refractivity contribution in [3.63, 3.8) is 0 Å². The third kappa shape index (κ3) is 2.45. The summed E-state index contributed by atoms with van der Waals surface area (Å²) >= 11 is 0. The van der Waals surface area contributed by atoms with Crippen LogP contribution in [-0.2, 0) is 11.8 Å². The van der Waals surface area contributed by atoms with Crippen molar-refractivity contribution in [3.8, 4) is 0 Å². The van der Waals surface area contributed by atoms with Gasteiger partial charge in [0.15, 0.2) is 0 Å². The maximum atomic E-state index is 4.71. The van der Waals surface area contributed by atoms with Crippen molar-refractivity contribution in [1.29, 1.82) is 0 Å². The predicted octanol–water partition coefficient (Wildman–Crippen LogP) is 5.96. The van der Waals surface area contributed by atoms with Crippen LogP contribution < -0.4 is 0 Å². The van der Waals surface area contributed by atoms with Crippen molar-refractivity contribution in [1.82, 2.24) is 4.98 Å². The van der Waals surface area contributed by atoms with Crippen molar-refractivity contribution in [2.45, 2.75) is 71.6 Å². The summed E-state index contributed by atoms with van der Waals surface area (Å²) in [6.45, 7) is 8.35. The van der Waals surface area contributed by atoms with Crippen LogP contribution in [0.1, 0.15) is 69.7 Å². The minimum Gasteiger partial charge on any atom is -0.253 e. The molecule has 1 nitrogen and oxygen atoms in total. The first-order chi connectivity index (χ1) is 10.7. The van der Waals surface area contributed by atoms with E-state index in [1.54, 1.807) is 5.56 Å². The quantitative estimate of drug-likeness (QED) is 0.665. The van der Waals surface area contributed by atoms with E-state index < -0.39 is 0 Å². The van der Waals surface area contributed by atoms with Gasteiger partial charge in [-0.3, -0.25) is 4.98 Å². The Balaban J connectivity index is 0.000000693. The zero-order chi connectivity index (χ0) is 15.7. The van der Waals surface area contributed by atoms with Crippen LogP contribution in [0.15, 0.2) is 24.3 Å². The van der Waals surface area contributed by atoms with E-state index in [1.165, 1.54) is 48.6 Å². The lowest BCUT2D eigenvalue weighted by Gasteiger charge is -2.23. The van der Waals surface area contributed by atoms with Crippen molar-refractivity contribution in [2.75, 3.05) is 0 Å². The van der Waals surface area contributed by atoms with E-state index >= 15 is 0 Å². The number of hydrogen-bond donors (Lipinski definition) is 0. The van der Waals surface area contributed by atoms with Gasteiger partial charge in [0.25, 0.3) is 0 Å². The molecule has 1 heteroatoms. The molecule has 22 heavy (non-hydrogen) atoms. The highest BCUT2D eigenvalue weighted by Gasteiger charge is 2.55. The van der Waals surface area contributed by atoms with Gasteiger partial charge in [-0.2, -0.15) is 0 Å². The van der Waals surface area contributed by atoms with Gasteiger partial charge in [0.1, 0.15) is 0 Å². The van der Waals surface area contributed by atoms with Crippen molar-refractivity contribution < 1.29 is 0 Å². The Hall–Kier alpha value is -1.37. The molecular formula is C21H29N. The number of hydrogen-bond acceptors (Lipinski definition) is 1. The van der Waals surface area contributed by atoms with E-state index in [9.17, 15) is 0 Å². The molecule has 1 heterocycles. The summed E-state index contributed by atoms with van der Waals surface area (Å²) in [7, 11) is 0. The molecule has 2 aromatic rings. The second-order valence-electron chi connectivity index (χ2n) is 6.81. The zero-order valence-electron chi connectivity index (χ0n) is 14.6. The second-order valence-corrected chi connectivity index (χ2v) is 6.81. The molecule has 2 saturated carbocycles. The fourth-order valence-corrected chi connectivity index (χ4v) is 4.44. The lowest BCUT2D eigenvalue weighted by Crippen LogP contribution is -2.14. The molecule has 0 amide bonds. The van der Waals surface area contributed by atoms with E-state index in [4.69, 9.17) is 4.98 Å². The van der Waals surface area contributed by atoms with Gasteiger partial charge in [-0.05, 0) is 73.3 Å². The van der Waals surface area contributed by atoms with E-state index in [0.29, 0.717) is 5.41 Å². The lowest BCUT2D eigenvalue weighted by atomic mass is 9.82. The molecule has 2 aliphatic rings. The molecule has 2 atom stereocenters. The zero-order valence-corrected chi connectivity index (χ0v) is 14.6. The van der Waals surface area contributed by atoms with Crippen molar-refractivity contribution in [3.05, 3.63) is 41.1 Å². The highest BCUT2D eigenvalue weighted by atomic mass is 14.7. The fraction of sp³-hybridized carbons (Fsp3) is 0.571. The highest BCUT2D eigenvalue weighted by Crippen LogP contribution is 2.62. The van der Waals surface area contributed by atoms with Crippen LogP contribution in [0.4, 0.5) is 0 Å². The molecule has 0 saturated heterocycles. The normalized spacial score (nSPS) is 26.1. The molecule has 4 rings (SSSR count). The van der Waals surface area contributed by atoms with Crippen LogP contribution in [0.25, 0.3) is 10.9 Å². The maximum absolute atomic E-state index is 4.71. The van der Waals surface area contributed by atoms with Crippen LogP contribution in [-0.4, -0.2) is 4.98 Å². The topological polar surface area (TPSA) is 12.9 Å². The SMILES string of the molecule is CC.CCc1cc(C)nc2ccc(C34CCCCC3C4)cc12. The van der Waals surface area contributed by atoms with Crippen molar-refractivity contribution in [2.24, 2.45) is 5.92 Å². The van der Waals surface area contributed by atoms with E-state index in [0.717, 1.165) is 18.0 Å². The Morgan fingerprint density at radius 3 is 2.73 bits per heavy atom. The Morgan fingerprint density at radius 2 is 2.00 bits per heavy atom. The first-order valence-electron chi connectivity index (χ1n) is 9.14. The average Bonchev–Trinajstić information content (AvgIpc) is 3.31. The summed E-state index contributed by atoms with van der Waals surface area (Å²) in [5.74, 6) is 0.970.